The Bertz CT molecular complexity index is 924. The van der Waals surface area contributed by atoms with Crippen molar-refractivity contribution in [3.8, 4) is 0 Å². The highest BCUT2D eigenvalue weighted by Crippen LogP contribution is 2.45. The second kappa shape index (κ2) is 7.10. The van der Waals surface area contributed by atoms with Crippen molar-refractivity contribution in [3.63, 3.8) is 0 Å². The van der Waals surface area contributed by atoms with E-state index in [-0.39, 0.29) is 18.2 Å². The third kappa shape index (κ3) is 3.40. The number of aliphatic imine (C=N–C) groups is 1. The molecule has 140 valence electrons. The molecule has 1 aromatic carbocycles. The lowest BCUT2D eigenvalue weighted by Gasteiger charge is -2.34. The molecular weight excluding hydrogens is 391 g/mol. The van der Waals surface area contributed by atoms with Crippen molar-refractivity contribution in [3.05, 3.63) is 58.6 Å². The summed E-state index contributed by atoms with van der Waals surface area (Å²) in [7, 11) is 0. The lowest BCUT2D eigenvalue weighted by molar-refractivity contribution is 0.102. The number of halogens is 2. The first-order valence-corrected chi connectivity index (χ1v) is 9.63. The zero-order valence-electron chi connectivity index (χ0n) is 14.1. The minimum Gasteiger partial charge on any atom is -0.379 e. The topological polar surface area (TPSA) is 89.6 Å². The standard InChI is InChI=1S/C18H16ClFN4O2S/c19-11-1-4-15(22-6-11)16(25)23-12-2-3-14(20)13(5-12)18-9-26-7-10(18)8-27-17(21)24-18/h1-6,10H,7-9H2,(H2,21,24)(H,23,25)/t10-,18-/m0/s1. The number of hydrogen-bond donors (Lipinski definition) is 2. The van der Waals surface area contributed by atoms with Gasteiger partial charge >= 0.3 is 0 Å². The average molecular weight is 407 g/mol. The Labute approximate surface area is 164 Å². The van der Waals surface area contributed by atoms with E-state index in [0.29, 0.717) is 33.8 Å². The van der Waals surface area contributed by atoms with Crippen LogP contribution in [0.15, 0.2) is 41.5 Å². The van der Waals surface area contributed by atoms with Gasteiger partial charge in [-0.15, -0.1) is 0 Å². The molecule has 2 aliphatic heterocycles. The van der Waals surface area contributed by atoms with E-state index >= 15 is 0 Å². The lowest BCUT2D eigenvalue weighted by atomic mass is 9.81. The quantitative estimate of drug-likeness (QED) is 0.817. The van der Waals surface area contributed by atoms with Gasteiger partial charge in [-0.3, -0.25) is 4.79 Å². The van der Waals surface area contributed by atoms with Gasteiger partial charge in [-0.05, 0) is 30.3 Å². The number of carbonyl (C=O) groups is 1. The van der Waals surface area contributed by atoms with E-state index in [0.717, 1.165) is 0 Å². The summed E-state index contributed by atoms with van der Waals surface area (Å²) < 4.78 is 20.3. The molecule has 3 N–H and O–H groups in total. The van der Waals surface area contributed by atoms with Crippen LogP contribution in [-0.2, 0) is 10.3 Å². The summed E-state index contributed by atoms with van der Waals surface area (Å²) in [6.45, 7) is 0.750. The molecule has 4 rings (SSSR count). The number of anilines is 1. The molecule has 0 spiro atoms. The van der Waals surface area contributed by atoms with E-state index in [2.05, 4.69) is 15.3 Å². The number of amidine groups is 1. The second-order valence-corrected chi connectivity index (χ2v) is 7.88. The van der Waals surface area contributed by atoms with E-state index in [4.69, 9.17) is 22.1 Å². The number of benzene rings is 1. The largest absolute Gasteiger partial charge is 0.379 e. The summed E-state index contributed by atoms with van der Waals surface area (Å²) >= 11 is 7.23. The Hall–Kier alpha value is -2.16. The number of rotatable bonds is 3. The van der Waals surface area contributed by atoms with Gasteiger partial charge in [0.1, 0.15) is 17.1 Å². The number of carbonyl (C=O) groups excluding carboxylic acids is 1. The molecular formula is C18H16ClFN4O2S. The molecule has 27 heavy (non-hydrogen) atoms. The van der Waals surface area contributed by atoms with Crippen LogP contribution in [0.5, 0.6) is 0 Å². The number of aromatic nitrogens is 1. The number of ether oxygens (including phenoxy) is 1. The first-order valence-electron chi connectivity index (χ1n) is 8.27. The zero-order valence-corrected chi connectivity index (χ0v) is 15.7. The van der Waals surface area contributed by atoms with Crippen LogP contribution in [0.4, 0.5) is 10.1 Å². The molecule has 2 aliphatic rings. The van der Waals surface area contributed by atoms with E-state index < -0.39 is 17.3 Å². The summed E-state index contributed by atoms with van der Waals surface area (Å²) in [5.74, 6) is -0.0898. The maximum absolute atomic E-state index is 14.7. The Balaban J connectivity index is 1.67. The van der Waals surface area contributed by atoms with Gasteiger partial charge in [-0.1, -0.05) is 23.4 Å². The Morgan fingerprint density at radius 2 is 2.26 bits per heavy atom. The van der Waals surface area contributed by atoms with Crippen molar-refractivity contribution in [2.75, 3.05) is 24.3 Å². The molecule has 1 amide bonds. The maximum atomic E-state index is 14.7. The molecule has 0 aliphatic carbocycles. The molecule has 0 saturated carbocycles. The fraction of sp³-hybridized carbons (Fsp3) is 0.278. The molecule has 0 radical (unpaired) electrons. The van der Waals surface area contributed by atoms with Crippen LogP contribution in [0.25, 0.3) is 0 Å². The Morgan fingerprint density at radius 1 is 1.41 bits per heavy atom. The molecule has 1 fully saturated rings. The molecule has 1 saturated heterocycles. The number of amides is 1. The number of nitrogens with two attached hydrogens (primary N) is 1. The Kier molecular flexibility index (Phi) is 4.79. The van der Waals surface area contributed by atoms with Crippen LogP contribution in [-0.4, -0.2) is 35.0 Å². The fourth-order valence-corrected chi connectivity index (χ4v) is 4.42. The minimum atomic E-state index is -0.862. The van der Waals surface area contributed by atoms with Gasteiger partial charge in [0.15, 0.2) is 5.17 Å². The first kappa shape index (κ1) is 18.2. The van der Waals surface area contributed by atoms with Crippen molar-refractivity contribution in [1.29, 1.82) is 0 Å². The summed E-state index contributed by atoms with van der Waals surface area (Å²) in [5.41, 5.74) is 6.08. The molecule has 3 heterocycles. The van der Waals surface area contributed by atoms with Gasteiger partial charge < -0.3 is 15.8 Å². The zero-order chi connectivity index (χ0) is 19.0. The third-order valence-electron chi connectivity index (χ3n) is 4.71. The van der Waals surface area contributed by atoms with Gasteiger partial charge in [0.05, 0.1) is 18.2 Å². The smallest absolute Gasteiger partial charge is 0.274 e. The molecule has 6 nitrogen and oxygen atoms in total. The van der Waals surface area contributed by atoms with Gasteiger partial charge in [-0.2, -0.15) is 0 Å². The van der Waals surface area contributed by atoms with Crippen LogP contribution in [0, 0.1) is 11.7 Å². The highest BCUT2D eigenvalue weighted by molar-refractivity contribution is 8.13. The van der Waals surface area contributed by atoms with Crippen LogP contribution < -0.4 is 11.1 Å². The predicted molar refractivity (Wildman–Crippen MR) is 104 cm³/mol. The number of fused-ring (bicyclic) bond motifs is 1. The van der Waals surface area contributed by atoms with Gasteiger partial charge in [0.25, 0.3) is 5.91 Å². The highest BCUT2D eigenvalue weighted by atomic mass is 35.5. The summed E-state index contributed by atoms with van der Waals surface area (Å²) in [5, 5.41) is 3.59. The van der Waals surface area contributed by atoms with Gasteiger partial charge in [0, 0.05) is 29.1 Å². The van der Waals surface area contributed by atoms with E-state index in [1.165, 1.54) is 36.2 Å². The number of hydrogen-bond acceptors (Lipinski definition) is 6. The lowest BCUT2D eigenvalue weighted by Crippen LogP contribution is -2.40. The van der Waals surface area contributed by atoms with E-state index in [1.54, 1.807) is 12.1 Å². The van der Waals surface area contributed by atoms with Crippen molar-refractivity contribution >= 4 is 40.1 Å². The minimum absolute atomic E-state index is 0.0215. The molecule has 2 atom stereocenters. The average Bonchev–Trinajstić information content (AvgIpc) is 3.07. The molecule has 0 unspecified atom stereocenters. The molecule has 0 bridgehead atoms. The van der Waals surface area contributed by atoms with Crippen molar-refractivity contribution in [2.45, 2.75) is 5.54 Å². The Morgan fingerprint density at radius 3 is 3.04 bits per heavy atom. The number of pyridine rings is 1. The molecule has 2 aromatic rings. The van der Waals surface area contributed by atoms with Crippen LogP contribution >= 0.6 is 23.4 Å². The van der Waals surface area contributed by atoms with E-state index in [9.17, 15) is 9.18 Å². The summed E-state index contributed by atoms with van der Waals surface area (Å²) in [4.78, 5) is 20.9. The molecule has 1 aromatic heterocycles. The monoisotopic (exact) mass is 406 g/mol. The van der Waals surface area contributed by atoms with Crippen LogP contribution in [0.2, 0.25) is 5.02 Å². The predicted octanol–water partition coefficient (Wildman–Crippen LogP) is 3.03. The van der Waals surface area contributed by atoms with Crippen molar-refractivity contribution < 1.29 is 13.9 Å². The van der Waals surface area contributed by atoms with E-state index in [1.807, 2.05) is 0 Å². The summed E-state index contributed by atoms with van der Waals surface area (Å²) in [6, 6.07) is 7.51. The maximum Gasteiger partial charge on any atom is 0.274 e. The number of nitrogens with one attached hydrogen (secondary N) is 1. The van der Waals surface area contributed by atoms with Gasteiger partial charge in [-0.25, -0.2) is 14.4 Å². The van der Waals surface area contributed by atoms with Crippen LogP contribution in [0.1, 0.15) is 16.1 Å². The van der Waals surface area contributed by atoms with Crippen molar-refractivity contribution in [2.24, 2.45) is 16.6 Å². The SMILES string of the molecule is NC1=N[C@@]2(c3cc(NC(=O)c4ccc(Cl)cn4)ccc3F)COC[C@H]2CS1. The molecule has 9 heteroatoms. The third-order valence-corrected chi connectivity index (χ3v) is 5.89. The highest BCUT2D eigenvalue weighted by Gasteiger charge is 2.49. The van der Waals surface area contributed by atoms with Crippen molar-refractivity contribution in [1.82, 2.24) is 4.98 Å². The normalized spacial score (nSPS) is 24.2. The fourth-order valence-electron chi connectivity index (χ4n) is 3.33. The van der Waals surface area contributed by atoms with Gasteiger partial charge in [0.2, 0.25) is 0 Å². The summed E-state index contributed by atoms with van der Waals surface area (Å²) in [6.07, 6.45) is 1.39. The first-order chi connectivity index (χ1) is 13.0. The number of nitrogens with zero attached hydrogens (tertiary/aromatic N) is 2. The van der Waals surface area contributed by atoms with Crippen LogP contribution in [0.3, 0.4) is 0 Å². The number of thioether (sulfide) groups is 1. The second-order valence-electron chi connectivity index (χ2n) is 6.41.